The van der Waals surface area contributed by atoms with Crippen LogP contribution in [0.15, 0.2) is 170 Å². The van der Waals surface area contributed by atoms with Gasteiger partial charge in [0, 0.05) is 59.8 Å². The molecule has 0 amide bonds. The maximum atomic E-state index is 6.28. The number of fused-ring (bicyclic) bond motifs is 7. The molecule has 51 heavy (non-hydrogen) atoms. The Morgan fingerprint density at radius 1 is 0.451 bits per heavy atom. The van der Waals surface area contributed by atoms with Crippen LogP contribution in [0.5, 0.6) is 0 Å². The third kappa shape index (κ3) is 4.97. The largest absolute Gasteiger partial charge is 0.415 e. The van der Waals surface area contributed by atoms with E-state index < -0.39 is 5.66 Å². The zero-order valence-electron chi connectivity index (χ0n) is 28.2. The van der Waals surface area contributed by atoms with Crippen molar-refractivity contribution in [1.29, 1.82) is 0 Å². The van der Waals surface area contributed by atoms with Crippen LogP contribution in [0.1, 0.15) is 11.1 Å². The fraction of sp³-hybridized carbons (Fsp3) is 0.0667. The quantitative estimate of drug-likeness (QED) is 0.160. The number of para-hydroxylation sites is 2. The summed E-state index contributed by atoms with van der Waals surface area (Å²) in [5, 5.41) is 3.71. The lowest BCUT2D eigenvalue weighted by Crippen LogP contribution is -2.74. The maximum Gasteiger partial charge on any atom is 0.415 e. The molecule has 9 rings (SSSR count). The highest BCUT2D eigenvalue weighted by molar-refractivity contribution is 6.31. The molecule has 4 nitrogen and oxygen atoms in total. The number of halogens is 2. The van der Waals surface area contributed by atoms with Gasteiger partial charge in [-0.2, -0.15) is 0 Å². The highest BCUT2D eigenvalue weighted by Crippen LogP contribution is 2.40. The third-order valence-electron chi connectivity index (χ3n) is 10.4. The molecule has 2 heterocycles. The molecule has 0 aliphatic heterocycles. The fourth-order valence-corrected chi connectivity index (χ4v) is 8.11. The van der Waals surface area contributed by atoms with Gasteiger partial charge in [0.25, 0.3) is 0 Å². The topological polar surface area (TPSA) is 14.2 Å². The number of rotatable bonds is 6. The van der Waals surface area contributed by atoms with E-state index in [0.717, 1.165) is 54.6 Å². The maximum absolute atomic E-state index is 6.28. The van der Waals surface area contributed by atoms with Crippen LogP contribution < -0.4 is 18.9 Å². The third-order valence-corrected chi connectivity index (χ3v) is 10.9. The Morgan fingerprint density at radius 3 is 1.29 bits per heavy atom. The lowest BCUT2D eigenvalue weighted by molar-refractivity contribution is -0.950. The van der Waals surface area contributed by atoms with E-state index in [1.807, 2.05) is 24.3 Å². The number of nitrogens with zero attached hydrogens (tertiary/aromatic N) is 4. The van der Waals surface area contributed by atoms with Crippen LogP contribution in [-0.4, -0.2) is 14.1 Å². The normalized spacial score (nSPS) is 12.9. The number of aromatic nitrogens is 2. The minimum absolute atomic E-state index is 0.720. The van der Waals surface area contributed by atoms with Gasteiger partial charge in [0.2, 0.25) is 11.0 Å². The molecule has 246 valence electrons. The number of hydrogen-bond donors (Lipinski definition) is 0. The van der Waals surface area contributed by atoms with Crippen LogP contribution in [0, 0.1) is 0 Å². The summed E-state index contributed by atoms with van der Waals surface area (Å²) in [5.74, 6) is 0. The molecule has 1 aliphatic carbocycles. The number of anilines is 4. The Kier molecular flexibility index (Phi) is 7.54. The average molecular weight is 702 g/mol. The molecular formula is C45H34Cl2N4+2. The first-order valence-corrected chi connectivity index (χ1v) is 17.8. The molecule has 1 aliphatic rings. The van der Waals surface area contributed by atoms with Crippen LogP contribution in [0.4, 0.5) is 22.7 Å². The van der Waals surface area contributed by atoms with Gasteiger partial charge < -0.3 is 9.80 Å². The highest BCUT2D eigenvalue weighted by atomic mass is 35.5. The predicted octanol–water partition coefficient (Wildman–Crippen LogP) is 10.7. The van der Waals surface area contributed by atoms with Crippen LogP contribution >= 0.6 is 23.2 Å². The van der Waals surface area contributed by atoms with Crippen LogP contribution in [0.3, 0.4) is 0 Å². The first kappa shape index (κ1) is 31.3. The molecule has 6 aromatic carbocycles. The van der Waals surface area contributed by atoms with E-state index in [0.29, 0.717) is 0 Å². The van der Waals surface area contributed by atoms with Crippen molar-refractivity contribution in [2.24, 2.45) is 0 Å². The Bertz CT molecular complexity index is 2420. The first-order chi connectivity index (χ1) is 24.9. The molecule has 6 heteroatoms. The molecule has 4 bridgehead atoms. The van der Waals surface area contributed by atoms with E-state index in [-0.39, 0.29) is 0 Å². The van der Waals surface area contributed by atoms with Crippen molar-refractivity contribution < 1.29 is 9.13 Å². The lowest BCUT2D eigenvalue weighted by atomic mass is 9.89. The second kappa shape index (κ2) is 12.3. The molecule has 0 spiro atoms. The van der Waals surface area contributed by atoms with Gasteiger partial charge in [-0.1, -0.05) is 71.7 Å². The minimum Gasteiger partial charge on any atom is -0.344 e. The average Bonchev–Trinajstić information content (AvgIpc) is 3.23. The van der Waals surface area contributed by atoms with Crippen molar-refractivity contribution in [3.8, 4) is 11.1 Å². The number of benzene rings is 6. The minimum atomic E-state index is -0.795. The molecule has 2 aromatic heterocycles. The van der Waals surface area contributed by atoms with Crippen LogP contribution in [0.2, 0.25) is 10.0 Å². The fourth-order valence-electron chi connectivity index (χ4n) is 7.86. The van der Waals surface area contributed by atoms with E-state index >= 15 is 0 Å². The van der Waals surface area contributed by atoms with Gasteiger partial charge in [-0.05, 0) is 96.1 Å². The Morgan fingerprint density at radius 2 is 0.863 bits per heavy atom. The number of hydrogen-bond acceptors (Lipinski definition) is 2. The standard InChI is InChI=1S/C45H34Cl2N4/c1-48(37-21-17-35(46)18-22-37)41-25-27-50(43-15-5-3-13-39(41)43)45(33-11-7-9-31(29-33)32-10-8-12-34(45)30-32)51-28-26-42(40-14-4-6-16-44(40)51)49(2)38-23-19-36(47)20-24-38/h3-30H,1-2H3/q+2. The van der Waals surface area contributed by atoms with E-state index in [9.17, 15) is 0 Å². The van der Waals surface area contributed by atoms with E-state index in [4.69, 9.17) is 23.2 Å². The second-order valence-corrected chi connectivity index (χ2v) is 14.0. The van der Waals surface area contributed by atoms with Crippen LogP contribution in [0.25, 0.3) is 32.9 Å². The molecule has 0 saturated carbocycles. The molecule has 0 unspecified atom stereocenters. The van der Waals surface area contributed by atoms with E-state index in [1.165, 1.54) is 22.3 Å². The Hall–Kier alpha value is -5.68. The molecule has 0 N–H and O–H groups in total. The molecule has 8 aromatic rings. The van der Waals surface area contributed by atoms with E-state index in [2.05, 4.69) is 179 Å². The van der Waals surface area contributed by atoms with Crippen molar-refractivity contribution in [3.63, 3.8) is 0 Å². The lowest BCUT2D eigenvalue weighted by Gasteiger charge is -2.28. The summed E-state index contributed by atoms with van der Waals surface area (Å²) in [4.78, 5) is 4.46. The highest BCUT2D eigenvalue weighted by Gasteiger charge is 2.57. The first-order valence-electron chi connectivity index (χ1n) is 17.0. The van der Waals surface area contributed by atoms with Gasteiger partial charge in [-0.25, -0.2) is 0 Å². The Balaban J connectivity index is 1.36. The molecule has 0 saturated heterocycles. The van der Waals surface area contributed by atoms with Gasteiger partial charge in [-0.15, -0.1) is 9.13 Å². The van der Waals surface area contributed by atoms with Crippen molar-refractivity contribution >= 4 is 67.8 Å². The van der Waals surface area contributed by atoms with Crippen molar-refractivity contribution in [1.82, 2.24) is 0 Å². The molecule has 0 fully saturated rings. The summed E-state index contributed by atoms with van der Waals surface area (Å²) in [5.41, 5.74) is 10.5. The van der Waals surface area contributed by atoms with Gasteiger partial charge in [0.15, 0.2) is 12.4 Å². The number of pyridine rings is 2. The van der Waals surface area contributed by atoms with Crippen molar-refractivity contribution in [3.05, 3.63) is 191 Å². The summed E-state index contributed by atoms with van der Waals surface area (Å²) in [6, 6.07) is 55.9. The Labute approximate surface area is 307 Å². The zero-order valence-corrected chi connectivity index (χ0v) is 29.7. The predicted molar refractivity (Wildman–Crippen MR) is 211 cm³/mol. The smallest absolute Gasteiger partial charge is 0.344 e. The zero-order chi connectivity index (χ0) is 34.7. The summed E-state index contributed by atoms with van der Waals surface area (Å²) in [6.45, 7) is 0. The summed E-state index contributed by atoms with van der Waals surface area (Å²) < 4.78 is 4.92. The monoisotopic (exact) mass is 700 g/mol. The van der Waals surface area contributed by atoms with Gasteiger partial charge in [-0.3, -0.25) is 0 Å². The van der Waals surface area contributed by atoms with Crippen LogP contribution in [-0.2, 0) is 5.66 Å². The van der Waals surface area contributed by atoms with Gasteiger partial charge in [0.05, 0.1) is 22.1 Å². The van der Waals surface area contributed by atoms with Crippen molar-refractivity contribution in [2.75, 3.05) is 23.9 Å². The molecule has 0 radical (unpaired) electrons. The van der Waals surface area contributed by atoms with Gasteiger partial charge >= 0.3 is 5.66 Å². The SMILES string of the molecule is CN(c1ccc(Cl)cc1)c1cc[n+](C2([n+]3ccc(N(C)c4ccc(Cl)cc4)c4ccccc43)c3cccc(c3)-c3cccc2c3)c2ccccc12. The summed E-state index contributed by atoms with van der Waals surface area (Å²) in [6.07, 6.45) is 4.51. The van der Waals surface area contributed by atoms with Gasteiger partial charge in [0.1, 0.15) is 11.1 Å². The van der Waals surface area contributed by atoms with Crippen molar-refractivity contribution in [2.45, 2.75) is 5.66 Å². The van der Waals surface area contributed by atoms with E-state index in [1.54, 1.807) is 0 Å². The summed E-state index contributed by atoms with van der Waals surface area (Å²) >= 11 is 12.6. The molecule has 0 atom stereocenters. The molecular weight excluding hydrogens is 667 g/mol. The summed E-state index contributed by atoms with van der Waals surface area (Å²) in [7, 11) is 4.23. The second-order valence-electron chi connectivity index (χ2n) is 13.1.